The molecule has 1 atom stereocenters. The largest absolute Gasteiger partial charge is 0.261 e. The minimum absolute atomic E-state index is 0.317. The average molecular weight is 217 g/mol. The Bertz CT molecular complexity index is 360. The van der Waals surface area contributed by atoms with Crippen molar-refractivity contribution in [3.63, 3.8) is 0 Å². The van der Waals surface area contributed by atoms with Gasteiger partial charge < -0.3 is 0 Å². The maximum Gasteiger partial charge on any atom is 0.0617 e. The first kappa shape index (κ1) is 11.6. The van der Waals surface area contributed by atoms with Crippen LogP contribution in [0.15, 0.2) is 27.9 Å². The highest BCUT2D eigenvalue weighted by Crippen LogP contribution is 2.34. The first-order valence-electron chi connectivity index (χ1n) is 6.57. The molecule has 0 amide bonds. The van der Waals surface area contributed by atoms with Gasteiger partial charge in [-0.05, 0) is 57.1 Å². The second-order valence-electron chi connectivity index (χ2n) is 5.60. The fourth-order valence-corrected chi connectivity index (χ4v) is 2.53. The summed E-state index contributed by atoms with van der Waals surface area (Å²) in [5.41, 5.74) is 4.65. The Balaban J connectivity index is 2.28. The molecule has 0 aromatic carbocycles. The molecule has 0 aromatic rings. The molecule has 1 unspecified atom stereocenters. The van der Waals surface area contributed by atoms with Crippen LogP contribution in [0.25, 0.3) is 0 Å². The van der Waals surface area contributed by atoms with Crippen molar-refractivity contribution in [1.29, 1.82) is 0 Å². The highest BCUT2D eigenvalue weighted by molar-refractivity contribution is 5.67. The quantitative estimate of drug-likeness (QED) is 0.606. The SMILES string of the molecule is CCC1(C)C=NC2=C(CCC1)CCC(C)=C2. The number of allylic oxidation sites excluding steroid dienone is 3. The highest BCUT2D eigenvalue weighted by Gasteiger charge is 2.22. The smallest absolute Gasteiger partial charge is 0.0617 e. The lowest BCUT2D eigenvalue weighted by Gasteiger charge is -2.27. The number of hydrogen-bond acceptors (Lipinski definition) is 1. The van der Waals surface area contributed by atoms with E-state index >= 15 is 0 Å². The first-order valence-corrected chi connectivity index (χ1v) is 6.57. The summed E-state index contributed by atoms with van der Waals surface area (Å²) in [6.45, 7) is 6.82. The zero-order valence-corrected chi connectivity index (χ0v) is 10.8. The van der Waals surface area contributed by atoms with E-state index < -0.39 is 0 Å². The number of nitrogens with zero attached hydrogens (tertiary/aromatic N) is 1. The predicted molar refractivity (Wildman–Crippen MR) is 70.8 cm³/mol. The molecule has 0 bridgehead atoms. The maximum absolute atomic E-state index is 4.76. The summed E-state index contributed by atoms with van der Waals surface area (Å²) in [7, 11) is 0. The van der Waals surface area contributed by atoms with Gasteiger partial charge in [-0.3, -0.25) is 4.99 Å². The van der Waals surface area contributed by atoms with Crippen LogP contribution in [-0.4, -0.2) is 6.21 Å². The molecule has 0 radical (unpaired) electrons. The van der Waals surface area contributed by atoms with E-state index in [1.807, 2.05) is 0 Å². The van der Waals surface area contributed by atoms with Crippen LogP contribution in [0.2, 0.25) is 0 Å². The topological polar surface area (TPSA) is 12.4 Å². The van der Waals surface area contributed by atoms with E-state index in [0.717, 1.165) is 0 Å². The summed E-state index contributed by atoms with van der Waals surface area (Å²) in [6, 6.07) is 0. The molecule has 0 aromatic heterocycles. The lowest BCUT2D eigenvalue weighted by atomic mass is 9.81. The third-order valence-electron chi connectivity index (χ3n) is 4.12. The zero-order chi connectivity index (χ0) is 11.6. The van der Waals surface area contributed by atoms with Crippen LogP contribution in [-0.2, 0) is 0 Å². The fraction of sp³-hybridized carbons (Fsp3) is 0.667. The summed E-state index contributed by atoms with van der Waals surface area (Å²) in [6.07, 6.45) is 12.0. The van der Waals surface area contributed by atoms with Gasteiger partial charge in [0, 0.05) is 11.6 Å². The maximum atomic E-state index is 4.76. The summed E-state index contributed by atoms with van der Waals surface area (Å²) in [5, 5.41) is 0. The van der Waals surface area contributed by atoms with Gasteiger partial charge in [-0.15, -0.1) is 0 Å². The molecule has 0 saturated heterocycles. The molecule has 88 valence electrons. The zero-order valence-electron chi connectivity index (χ0n) is 10.8. The second-order valence-corrected chi connectivity index (χ2v) is 5.60. The second kappa shape index (κ2) is 4.57. The van der Waals surface area contributed by atoms with E-state index in [0.29, 0.717) is 5.41 Å². The lowest BCUT2D eigenvalue weighted by molar-refractivity contribution is 0.404. The Labute approximate surface area is 99.4 Å². The number of aliphatic imine (C=N–C) groups is 1. The van der Waals surface area contributed by atoms with Crippen molar-refractivity contribution >= 4 is 6.21 Å². The highest BCUT2D eigenvalue weighted by atomic mass is 14.7. The Morgan fingerprint density at radius 1 is 1.31 bits per heavy atom. The van der Waals surface area contributed by atoms with Gasteiger partial charge in [0.1, 0.15) is 0 Å². The van der Waals surface area contributed by atoms with E-state index in [4.69, 9.17) is 4.99 Å². The Morgan fingerprint density at radius 3 is 2.88 bits per heavy atom. The van der Waals surface area contributed by atoms with E-state index in [9.17, 15) is 0 Å². The molecule has 1 aliphatic carbocycles. The van der Waals surface area contributed by atoms with Gasteiger partial charge in [-0.25, -0.2) is 0 Å². The Hall–Kier alpha value is -0.850. The minimum Gasteiger partial charge on any atom is -0.261 e. The Kier molecular flexibility index (Phi) is 3.32. The van der Waals surface area contributed by atoms with Gasteiger partial charge in [-0.2, -0.15) is 0 Å². The van der Waals surface area contributed by atoms with Crippen LogP contribution in [0.1, 0.15) is 59.3 Å². The van der Waals surface area contributed by atoms with Gasteiger partial charge in [0.05, 0.1) is 5.70 Å². The molecule has 16 heavy (non-hydrogen) atoms. The fourth-order valence-electron chi connectivity index (χ4n) is 2.53. The average Bonchev–Trinajstić information content (AvgIpc) is 2.26. The summed E-state index contributed by atoms with van der Waals surface area (Å²) >= 11 is 0. The molecule has 1 heteroatoms. The van der Waals surface area contributed by atoms with Crippen LogP contribution in [0.5, 0.6) is 0 Å². The molecule has 1 nitrogen and oxygen atoms in total. The summed E-state index contributed by atoms with van der Waals surface area (Å²) in [5.74, 6) is 0. The van der Waals surface area contributed by atoms with Crippen LogP contribution in [0.3, 0.4) is 0 Å². The third-order valence-corrected chi connectivity index (χ3v) is 4.12. The minimum atomic E-state index is 0.317. The van der Waals surface area contributed by atoms with Gasteiger partial charge >= 0.3 is 0 Å². The van der Waals surface area contributed by atoms with Crippen LogP contribution < -0.4 is 0 Å². The molecular weight excluding hydrogens is 194 g/mol. The van der Waals surface area contributed by atoms with Gasteiger partial charge in [0.15, 0.2) is 0 Å². The predicted octanol–water partition coefficient (Wildman–Crippen LogP) is 4.65. The van der Waals surface area contributed by atoms with Crippen molar-refractivity contribution in [2.24, 2.45) is 10.4 Å². The molecule has 2 rings (SSSR count). The number of rotatable bonds is 1. The molecular formula is C15H23N. The van der Waals surface area contributed by atoms with Crippen molar-refractivity contribution in [2.45, 2.75) is 59.3 Å². The monoisotopic (exact) mass is 217 g/mol. The van der Waals surface area contributed by atoms with Crippen molar-refractivity contribution in [3.8, 4) is 0 Å². The standard InChI is InChI=1S/C15H23N/c1-4-15(3)9-5-6-13-8-7-12(2)10-14(13)16-11-15/h10-11H,4-9H2,1-3H3. The van der Waals surface area contributed by atoms with Crippen LogP contribution in [0.4, 0.5) is 0 Å². The van der Waals surface area contributed by atoms with Crippen molar-refractivity contribution in [1.82, 2.24) is 0 Å². The van der Waals surface area contributed by atoms with Gasteiger partial charge in [-0.1, -0.05) is 19.4 Å². The van der Waals surface area contributed by atoms with E-state index in [1.165, 1.54) is 49.8 Å². The van der Waals surface area contributed by atoms with Crippen LogP contribution >= 0.6 is 0 Å². The van der Waals surface area contributed by atoms with Crippen molar-refractivity contribution < 1.29 is 0 Å². The molecule has 2 aliphatic rings. The first-order chi connectivity index (χ1) is 7.63. The normalized spacial score (nSPS) is 30.6. The van der Waals surface area contributed by atoms with E-state index in [2.05, 4.69) is 33.1 Å². The molecule has 1 heterocycles. The number of hydrogen-bond donors (Lipinski definition) is 0. The van der Waals surface area contributed by atoms with Gasteiger partial charge in [0.2, 0.25) is 0 Å². The molecule has 0 saturated carbocycles. The molecule has 0 N–H and O–H groups in total. The summed E-state index contributed by atoms with van der Waals surface area (Å²) < 4.78 is 0. The lowest BCUT2D eigenvalue weighted by Crippen LogP contribution is -2.18. The summed E-state index contributed by atoms with van der Waals surface area (Å²) in [4.78, 5) is 4.76. The van der Waals surface area contributed by atoms with Crippen LogP contribution in [0, 0.1) is 5.41 Å². The van der Waals surface area contributed by atoms with E-state index in [1.54, 1.807) is 5.57 Å². The molecule has 0 fully saturated rings. The molecule has 1 aliphatic heterocycles. The van der Waals surface area contributed by atoms with E-state index in [-0.39, 0.29) is 0 Å². The van der Waals surface area contributed by atoms with Crippen molar-refractivity contribution in [3.05, 3.63) is 22.9 Å². The molecule has 0 spiro atoms. The van der Waals surface area contributed by atoms with Gasteiger partial charge in [0.25, 0.3) is 0 Å². The third kappa shape index (κ3) is 2.45. The Morgan fingerprint density at radius 2 is 2.12 bits per heavy atom. The van der Waals surface area contributed by atoms with Crippen molar-refractivity contribution in [2.75, 3.05) is 0 Å².